The minimum absolute atomic E-state index is 0.191. The Morgan fingerprint density at radius 3 is 1.38 bits per heavy atom. The zero-order valence-electron chi connectivity index (χ0n) is 19.1. The maximum atomic E-state index is 12.0. The fraction of sp³-hybridized carbons (Fsp3) is 0.357. The molecule has 0 aromatic heterocycles. The molecule has 2 aromatic carbocycles. The molecule has 34 heavy (non-hydrogen) atoms. The second kappa shape index (κ2) is 10.2. The summed E-state index contributed by atoms with van der Waals surface area (Å²) in [6, 6.07) is 17.3. The summed E-state index contributed by atoms with van der Waals surface area (Å²) < 4.78 is 2.15. The van der Waals surface area contributed by atoms with Gasteiger partial charge in [-0.2, -0.15) is 0 Å². The van der Waals surface area contributed by atoms with Crippen molar-refractivity contribution in [2.45, 2.75) is 50.6 Å². The maximum absolute atomic E-state index is 12.0. The number of amides is 2. The van der Waals surface area contributed by atoms with Gasteiger partial charge in [0.05, 0.1) is 0 Å². The topological polar surface area (TPSA) is 40.6 Å². The number of rotatable bonds is 2. The highest BCUT2D eigenvalue weighted by Gasteiger charge is 2.33. The summed E-state index contributed by atoms with van der Waals surface area (Å²) in [6.45, 7) is 1.88. The molecule has 4 nitrogen and oxygen atoms in total. The maximum Gasteiger partial charge on any atom is 0.247 e. The smallest absolute Gasteiger partial charge is 0.247 e. The van der Waals surface area contributed by atoms with Gasteiger partial charge < -0.3 is 9.80 Å². The molecule has 2 fully saturated rings. The molecule has 2 amide bonds. The fourth-order valence-corrected chi connectivity index (χ4v) is 6.02. The Labute approximate surface area is 218 Å². The Morgan fingerprint density at radius 1 is 0.618 bits per heavy atom. The molecule has 0 saturated carbocycles. The number of hydrogen-bond acceptors (Lipinski definition) is 2. The second-order valence-corrected chi connectivity index (χ2v) is 11.2. The van der Waals surface area contributed by atoms with E-state index in [1.54, 1.807) is 0 Å². The van der Waals surface area contributed by atoms with E-state index in [0.717, 1.165) is 60.6 Å². The summed E-state index contributed by atoms with van der Waals surface area (Å²) >= 11 is 6.86. The highest BCUT2D eigenvalue weighted by molar-refractivity contribution is 9.10. The van der Waals surface area contributed by atoms with Gasteiger partial charge >= 0.3 is 0 Å². The van der Waals surface area contributed by atoms with Crippen molar-refractivity contribution in [2.75, 3.05) is 13.1 Å². The lowest BCUT2D eigenvalue weighted by Crippen LogP contribution is -2.37. The number of halogens is 2. The van der Waals surface area contributed by atoms with Crippen LogP contribution in [0.5, 0.6) is 0 Å². The highest BCUT2D eigenvalue weighted by atomic mass is 79.9. The van der Waals surface area contributed by atoms with E-state index >= 15 is 0 Å². The molecule has 2 aromatic rings. The Balaban J connectivity index is 0.000000142. The molecule has 0 bridgehead atoms. The van der Waals surface area contributed by atoms with Gasteiger partial charge in [-0.3, -0.25) is 9.59 Å². The average molecular weight is 584 g/mol. The van der Waals surface area contributed by atoms with E-state index in [1.807, 2.05) is 46.2 Å². The van der Waals surface area contributed by atoms with Crippen molar-refractivity contribution >= 4 is 54.8 Å². The number of benzene rings is 2. The molecule has 0 N–H and O–H groups in total. The fourth-order valence-electron chi connectivity index (χ4n) is 5.50. The zero-order chi connectivity index (χ0) is 23.7. The number of carbonyl (C=O) groups excluding carboxylic acids is 2. The Morgan fingerprint density at radius 2 is 1.00 bits per heavy atom. The first-order valence-corrected chi connectivity index (χ1v) is 13.6. The van der Waals surface area contributed by atoms with Gasteiger partial charge in [-0.05, 0) is 85.1 Å². The minimum atomic E-state index is 0.191. The molecule has 0 spiro atoms. The quantitative estimate of drug-likeness (QED) is 0.407. The third-order valence-corrected chi connectivity index (χ3v) is 8.31. The van der Waals surface area contributed by atoms with E-state index < -0.39 is 0 Å². The van der Waals surface area contributed by atoms with E-state index in [2.05, 4.69) is 56.1 Å². The average Bonchev–Trinajstić information content (AvgIpc) is 3.50. The molecule has 6 heteroatoms. The third kappa shape index (κ3) is 5.08. The first-order valence-electron chi connectivity index (χ1n) is 12.0. The van der Waals surface area contributed by atoms with Crippen LogP contribution >= 0.6 is 31.9 Å². The molecule has 4 aliphatic rings. The van der Waals surface area contributed by atoms with Gasteiger partial charge in [0.2, 0.25) is 11.8 Å². The van der Waals surface area contributed by atoms with E-state index in [1.165, 1.54) is 22.3 Å². The van der Waals surface area contributed by atoms with Crippen molar-refractivity contribution in [1.82, 2.24) is 9.80 Å². The molecule has 2 saturated heterocycles. The van der Waals surface area contributed by atoms with Crippen LogP contribution in [0.25, 0.3) is 11.1 Å². The van der Waals surface area contributed by atoms with Crippen LogP contribution in [0.1, 0.15) is 49.7 Å². The number of nitrogens with zero attached hydrogens (tertiary/aromatic N) is 2. The van der Waals surface area contributed by atoms with Crippen LogP contribution in [0.2, 0.25) is 0 Å². The SMILES string of the molecule is O=C1C=C(c2ccc(Br)cc2)C[C@@H]2CCCN12.O=C1C=C(c2ccc(Br)cc2)C[C@@H]2CCCN12. The van der Waals surface area contributed by atoms with Gasteiger partial charge in [0.25, 0.3) is 0 Å². The molecule has 0 aliphatic carbocycles. The summed E-state index contributed by atoms with van der Waals surface area (Å²) in [5.41, 5.74) is 4.72. The van der Waals surface area contributed by atoms with Crippen LogP contribution < -0.4 is 0 Å². The largest absolute Gasteiger partial charge is 0.336 e. The van der Waals surface area contributed by atoms with E-state index in [0.29, 0.717) is 12.1 Å². The van der Waals surface area contributed by atoms with E-state index in [4.69, 9.17) is 0 Å². The van der Waals surface area contributed by atoms with Gasteiger partial charge in [0.15, 0.2) is 0 Å². The van der Waals surface area contributed by atoms with Crippen molar-refractivity contribution in [1.29, 1.82) is 0 Å². The first-order chi connectivity index (χ1) is 16.5. The van der Waals surface area contributed by atoms with E-state index in [-0.39, 0.29) is 11.8 Å². The molecule has 0 radical (unpaired) electrons. The van der Waals surface area contributed by atoms with Gasteiger partial charge in [-0.1, -0.05) is 56.1 Å². The van der Waals surface area contributed by atoms with Crippen molar-refractivity contribution in [3.63, 3.8) is 0 Å². The summed E-state index contributed by atoms with van der Waals surface area (Å²) in [5.74, 6) is 0.383. The zero-order valence-corrected chi connectivity index (χ0v) is 22.2. The molecule has 4 aliphatic heterocycles. The van der Waals surface area contributed by atoms with Crippen LogP contribution in [-0.4, -0.2) is 46.8 Å². The standard InChI is InChI=1S/2C14H14BrNO/c2*15-12-5-3-10(4-6-12)11-8-13-2-1-7-16(13)14(17)9-11/h2*3-6,9,13H,1-2,7-8H2/t2*13-/m00/s1. The molecule has 6 rings (SSSR count). The lowest BCUT2D eigenvalue weighted by Gasteiger charge is -2.29. The van der Waals surface area contributed by atoms with Crippen LogP contribution in [0.15, 0.2) is 69.6 Å². The van der Waals surface area contributed by atoms with Gasteiger partial charge in [0, 0.05) is 46.3 Å². The van der Waals surface area contributed by atoms with Crippen molar-refractivity contribution in [3.8, 4) is 0 Å². The van der Waals surface area contributed by atoms with Gasteiger partial charge in [0.1, 0.15) is 0 Å². The van der Waals surface area contributed by atoms with E-state index in [9.17, 15) is 9.59 Å². The van der Waals surface area contributed by atoms with Crippen LogP contribution in [0.3, 0.4) is 0 Å². The first kappa shape index (κ1) is 23.6. The number of hydrogen-bond donors (Lipinski definition) is 0. The van der Waals surface area contributed by atoms with Crippen LogP contribution in [-0.2, 0) is 9.59 Å². The lowest BCUT2D eigenvalue weighted by atomic mass is 9.94. The lowest BCUT2D eigenvalue weighted by molar-refractivity contribution is -0.128. The van der Waals surface area contributed by atoms with Gasteiger partial charge in [-0.15, -0.1) is 0 Å². The highest BCUT2D eigenvalue weighted by Crippen LogP contribution is 2.34. The molecular formula is C28H28Br2N2O2. The molecule has 2 atom stereocenters. The molecule has 176 valence electrons. The minimum Gasteiger partial charge on any atom is -0.336 e. The number of carbonyl (C=O) groups is 2. The molecular weight excluding hydrogens is 556 g/mol. The molecule has 0 unspecified atom stereocenters. The van der Waals surface area contributed by atoms with Crippen molar-refractivity contribution in [3.05, 3.63) is 80.8 Å². The van der Waals surface area contributed by atoms with Crippen molar-refractivity contribution < 1.29 is 9.59 Å². The monoisotopic (exact) mass is 582 g/mol. The Bertz CT molecular complexity index is 1050. The van der Waals surface area contributed by atoms with Crippen molar-refractivity contribution in [2.24, 2.45) is 0 Å². The number of fused-ring (bicyclic) bond motifs is 2. The predicted molar refractivity (Wildman–Crippen MR) is 143 cm³/mol. The Kier molecular flexibility index (Phi) is 7.07. The van der Waals surface area contributed by atoms with Crippen LogP contribution in [0, 0.1) is 0 Å². The summed E-state index contributed by atoms with van der Waals surface area (Å²) in [6.07, 6.45) is 10.2. The third-order valence-electron chi connectivity index (χ3n) is 7.26. The molecule has 4 heterocycles. The summed E-state index contributed by atoms with van der Waals surface area (Å²) in [7, 11) is 0. The summed E-state index contributed by atoms with van der Waals surface area (Å²) in [4.78, 5) is 28.0. The normalized spacial score (nSPS) is 23.6. The second-order valence-electron chi connectivity index (χ2n) is 9.42. The Hall–Kier alpha value is -2.18. The predicted octanol–water partition coefficient (Wildman–Crippen LogP) is 6.45. The van der Waals surface area contributed by atoms with Gasteiger partial charge in [-0.25, -0.2) is 0 Å². The van der Waals surface area contributed by atoms with Crippen LogP contribution in [0.4, 0.5) is 0 Å². The summed E-state index contributed by atoms with van der Waals surface area (Å²) in [5, 5.41) is 0.